The number of nitrogens with zero attached hydrogens (tertiary/aromatic N) is 2. The summed E-state index contributed by atoms with van der Waals surface area (Å²) in [5, 5.41) is 9.35. The molecular weight excluding hydrogens is 286 g/mol. The monoisotopic (exact) mass is 303 g/mol. The number of aromatic amines is 1. The molecule has 0 aromatic carbocycles. The number of carboxylic acids is 1. The van der Waals surface area contributed by atoms with Gasteiger partial charge in [0.05, 0.1) is 5.56 Å². The van der Waals surface area contributed by atoms with Gasteiger partial charge < -0.3 is 10.1 Å². The van der Waals surface area contributed by atoms with Gasteiger partial charge >= 0.3 is 11.7 Å². The van der Waals surface area contributed by atoms with Crippen molar-refractivity contribution in [3.05, 3.63) is 51.1 Å². The third-order valence-electron chi connectivity index (χ3n) is 3.43. The number of aromatic nitrogens is 3. The normalized spacial score (nSPS) is 12.4. The first-order valence-corrected chi connectivity index (χ1v) is 6.83. The van der Waals surface area contributed by atoms with E-state index in [9.17, 15) is 19.5 Å². The fourth-order valence-corrected chi connectivity index (χ4v) is 2.45. The van der Waals surface area contributed by atoms with Crippen molar-refractivity contribution in [1.82, 2.24) is 14.5 Å². The van der Waals surface area contributed by atoms with E-state index in [1.165, 1.54) is 6.20 Å². The Kier molecular flexibility index (Phi) is 4.25. The first-order chi connectivity index (χ1) is 10.3. The lowest BCUT2D eigenvalue weighted by molar-refractivity contribution is -0.142. The molecule has 2 N–H and O–H groups in total. The van der Waals surface area contributed by atoms with Crippen molar-refractivity contribution in [2.45, 2.75) is 26.8 Å². The van der Waals surface area contributed by atoms with Crippen LogP contribution in [-0.2, 0) is 4.79 Å². The third-order valence-corrected chi connectivity index (χ3v) is 3.43. The largest absolute Gasteiger partial charge is 0.480 e. The van der Waals surface area contributed by atoms with E-state index in [-0.39, 0.29) is 5.56 Å². The Hall–Kier alpha value is -2.70. The van der Waals surface area contributed by atoms with E-state index in [1.54, 1.807) is 39.1 Å². The summed E-state index contributed by atoms with van der Waals surface area (Å²) < 4.78 is 0.766. The number of H-pyrrole nitrogens is 1. The molecule has 2 rings (SSSR count). The molecular formula is C15H17N3O4. The van der Waals surface area contributed by atoms with Crippen LogP contribution in [0.3, 0.4) is 0 Å². The molecule has 0 unspecified atom stereocenters. The van der Waals surface area contributed by atoms with E-state index in [0.29, 0.717) is 11.3 Å². The third kappa shape index (κ3) is 2.69. The highest BCUT2D eigenvalue weighted by atomic mass is 16.4. The summed E-state index contributed by atoms with van der Waals surface area (Å²) >= 11 is 0. The summed E-state index contributed by atoms with van der Waals surface area (Å²) in [5.74, 6) is -1.63. The maximum atomic E-state index is 12.7. The second kappa shape index (κ2) is 5.97. The molecule has 7 nitrogen and oxygen atoms in total. The minimum absolute atomic E-state index is 0.250. The molecule has 2 aromatic heterocycles. The highest BCUT2D eigenvalue weighted by Crippen LogP contribution is 2.19. The van der Waals surface area contributed by atoms with Gasteiger partial charge in [0.2, 0.25) is 0 Å². The number of hydrogen-bond donors (Lipinski definition) is 2. The Labute approximate surface area is 126 Å². The highest BCUT2D eigenvalue weighted by molar-refractivity contribution is 5.72. The fourth-order valence-electron chi connectivity index (χ4n) is 2.45. The van der Waals surface area contributed by atoms with Crippen LogP contribution in [-0.4, -0.2) is 25.6 Å². The zero-order valence-electron chi connectivity index (χ0n) is 12.5. The Bertz CT molecular complexity index is 806. The molecule has 0 bridgehead atoms. The maximum absolute atomic E-state index is 12.7. The molecule has 0 amide bonds. The van der Waals surface area contributed by atoms with Crippen molar-refractivity contribution in [3.8, 4) is 11.1 Å². The molecule has 2 aromatic rings. The van der Waals surface area contributed by atoms with Crippen molar-refractivity contribution in [1.29, 1.82) is 0 Å². The molecule has 0 aliphatic rings. The van der Waals surface area contributed by atoms with Gasteiger partial charge in [-0.15, -0.1) is 0 Å². The van der Waals surface area contributed by atoms with E-state index >= 15 is 0 Å². The van der Waals surface area contributed by atoms with Gasteiger partial charge in [0.15, 0.2) is 0 Å². The highest BCUT2D eigenvalue weighted by Gasteiger charge is 2.28. The van der Waals surface area contributed by atoms with Gasteiger partial charge in [-0.3, -0.25) is 9.78 Å². The lowest BCUT2D eigenvalue weighted by Crippen LogP contribution is -2.44. The molecule has 22 heavy (non-hydrogen) atoms. The summed E-state index contributed by atoms with van der Waals surface area (Å²) in [5.41, 5.74) is -0.193. The first-order valence-electron chi connectivity index (χ1n) is 6.83. The average Bonchev–Trinajstić information content (AvgIpc) is 2.43. The van der Waals surface area contributed by atoms with Crippen LogP contribution in [0.1, 0.15) is 25.6 Å². The number of hydrogen-bond acceptors (Lipinski definition) is 4. The second-order valence-electron chi connectivity index (χ2n) is 5.37. The predicted octanol–water partition coefficient (Wildman–Crippen LogP) is 1.19. The van der Waals surface area contributed by atoms with Crippen LogP contribution in [0.2, 0.25) is 0 Å². The molecule has 0 aliphatic heterocycles. The van der Waals surface area contributed by atoms with E-state index < -0.39 is 29.2 Å². The van der Waals surface area contributed by atoms with Crippen LogP contribution in [0, 0.1) is 12.8 Å². The molecule has 0 aliphatic carbocycles. The smallest absolute Gasteiger partial charge is 0.329 e. The Balaban J connectivity index is 2.81. The van der Waals surface area contributed by atoms with Gasteiger partial charge in [-0.25, -0.2) is 14.2 Å². The Morgan fingerprint density at radius 1 is 1.36 bits per heavy atom. The van der Waals surface area contributed by atoms with Crippen LogP contribution in [0.5, 0.6) is 0 Å². The van der Waals surface area contributed by atoms with E-state index in [1.807, 2.05) is 0 Å². The van der Waals surface area contributed by atoms with Crippen molar-refractivity contribution < 1.29 is 9.90 Å². The minimum atomic E-state index is -1.23. The van der Waals surface area contributed by atoms with E-state index in [0.717, 1.165) is 4.57 Å². The topological polar surface area (TPSA) is 105 Å². The van der Waals surface area contributed by atoms with Crippen LogP contribution < -0.4 is 11.2 Å². The molecule has 0 saturated heterocycles. The van der Waals surface area contributed by atoms with Crippen LogP contribution in [0.25, 0.3) is 11.1 Å². The van der Waals surface area contributed by atoms with Crippen molar-refractivity contribution in [2.75, 3.05) is 0 Å². The summed E-state index contributed by atoms with van der Waals surface area (Å²) in [6, 6.07) is 2.12. The number of nitrogens with one attached hydrogen (secondary N) is 1. The first kappa shape index (κ1) is 15.7. The van der Waals surface area contributed by atoms with Gasteiger partial charge in [0, 0.05) is 23.7 Å². The molecule has 0 saturated carbocycles. The molecule has 116 valence electrons. The van der Waals surface area contributed by atoms with Crippen molar-refractivity contribution in [3.63, 3.8) is 0 Å². The molecule has 0 spiro atoms. The van der Waals surface area contributed by atoms with Crippen LogP contribution in [0.15, 0.2) is 34.1 Å². The SMILES string of the molecule is Cc1[nH]c(=O)n([C@H](C(=O)O)C(C)C)c(=O)c1-c1cccnc1. The number of carboxylic acid groups (broad SMARTS) is 1. The summed E-state index contributed by atoms with van der Waals surface area (Å²) in [6.45, 7) is 4.89. The minimum Gasteiger partial charge on any atom is -0.480 e. The number of aryl methyl sites for hydroxylation is 1. The summed E-state index contributed by atoms with van der Waals surface area (Å²) in [4.78, 5) is 42.8. The average molecular weight is 303 g/mol. The lowest BCUT2D eigenvalue weighted by atomic mass is 10.0. The number of rotatable bonds is 4. The summed E-state index contributed by atoms with van der Waals surface area (Å²) in [7, 11) is 0. The van der Waals surface area contributed by atoms with Gasteiger partial charge in [-0.2, -0.15) is 0 Å². The zero-order valence-corrected chi connectivity index (χ0v) is 12.5. The van der Waals surface area contributed by atoms with E-state index in [2.05, 4.69) is 9.97 Å². The Morgan fingerprint density at radius 2 is 2.05 bits per heavy atom. The van der Waals surface area contributed by atoms with Gasteiger partial charge in [0.25, 0.3) is 5.56 Å². The lowest BCUT2D eigenvalue weighted by Gasteiger charge is -2.19. The van der Waals surface area contributed by atoms with Crippen molar-refractivity contribution in [2.24, 2.45) is 5.92 Å². The summed E-state index contributed by atoms with van der Waals surface area (Å²) in [6.07, 6.45) is 3.06. The number of aliphatic carboxylic acids is 1. The standard InChI is InChI=1S/C15H17N3O4/c1-8(2)12(14(20)21)18-13(19)11(9(3)17-15(18)22)10-5-4-6-16-7-10/h4-8,12H,1-3H3,(H,17,22)(H,20,21)/t12-/m0/s1. The van der Waals surface area contributed by atoms with Gasteiger partial charge in [-0.1, -0.05) is 19.9 Å². The molecule has 0 radical (unpaired) electrons. The van der Waals surface area contributed by atoms with Crippen LogP contribution in [0.4, 0.5) is 0 Å². The van der Waals surface area contributed by atoms with Gasteiger partial charge in [0.1, 0.15) is 6.04 Å². The quantitative estimate of drug-likeness (QED) is 0.882. The molecule has 1 atom stereocenters. The Morgan fingerprint density at radius 3 is 2.55 bits per heavy atom. The zero-order chi connectivity index (χ0) is 16.4. The molecule has 7 heteroatoms. The predicted molar refractivity (Wildman–Crippen MR) is 80.8 cm³/mol. The molecule has 0 fully saturated rings. The van der Waals surface area contributed by atoms with Gasteiger partial charge in [-0.05, 0) is 18.9 Å². The van der Waals surface area contributed by atoms with Crippen molar-refractivity contribution >= 4 is 5.97 Å². The number of carbonyl (C=O) groups is 1. The second-order valence-corrected chi connectivity index (χ2v) is 5.37. The van der Waals surface area contributed by atoms with Crippen LogP contribution >= 0.6 is 0 Å². The maximum Gasteiger partial charge on any atom is 0.329 e. The molecule has 2 heterocycles. The number of pyridine rings is 1. The van der Waals surface area contributed by atoms with E-state index in [4.69, 9.17) is 0 Å². The fraction of sp³-hybridized carbons (Fsp3) is 0.333.